The SMILES string of the molecule is CC/N=C(/NCC)OCCCOS(=O)(=O)O. The van der Waals surface area contributed by atoms with E-state index in [2.05, 4.69) is 14.5 Å². The fourth-order valence-electron chi connectivity index (χ4n) is 0.839. The summed E-state index contributed by atoms with van der Waals surface area (Å²) in [4.78, 5) is 4.04. The minimum absolute atomic E-state index is 0.121. The van der Waals surface area contributed by atoms with Crippen LogP contribution in [0.1, 0.15) is 20.3 Å². The Hall–Kier alpha value is -0.860. The molecule has 0 aliphatic heterocycles. The number of aliphatic imine (C=N–C) groups is 1. The monoisotopic (exact) mass is 254 g/mol. The van der Waals surface area contributed by atoms with Crippen LogP contribution in [0.15, 0.2) is 4.99 Å². The maximum absolute atomic E-state index is 10.2. The summed E-state index contributed by atoms with van der Waals surface area (Å²) in [7, 11) is -4.35. The van der Waals surface area contributed by atoms with Crippen LogP contribution in [0.5, 0.6) is 0 Å². The van der Waals surface area contributed by atoms with E-state index in [4.69, 9.17) is 9.29 Å². The average Bonchev–Trinajstić information content (AvgIpc) is 2.16. The molecule has 0 aromatic heterocycles. The van der Waals surface area contributed by atoms with E-state index in [1.165, 1.54) is 0 Å². The van der Waals surface area contributed by atoms with Gasteiger partial charge in [-0.2, -0.15) is 8.42 Å². The average molecular weight is 254 g/mol. The Labute approximate surface area is 95.8 Å². The van der Waals surface area contributed by atoms with Gasteiger partial charge in [-0.1, -0.05) is 0 Å². The van der Waals surface area contributed by atoms with Gasteiger partial charge in [0.15, 0.2) is 0 Å². The molecule has 0 saturated heterocycles. The zero-order chi connectivity index (χ0) is 12.4. The second-order valence-corrected chi connectivity index (χ2v) is 3.85. The molecule has 0 atom stereocenters. The molecule has 0 spiro atoms. The molecular weight excluding hydrogens is 236 g/mol. The van der Waals surface area contributed by atoms with E-state index < -0.39 is 10.4 Å². The Bertz CT molecular complexity index is 302. The molecule has 0 heterocycles. The first-order valence-electron chi connectivity index (χ1n) is 5.02. The molecule has 0 amide bonds. The summed E-state index contributed by atoms with van der Waals surface area (Å²) in [5.41, 5.74) is 0. The Kier molecular flexibility index (Phi) is 7.86. The molecule has 7 nitrogen and oxygen atoms in total. The summed E-state index contributed by atoms with van der Waals surface area (Å²) in [5, 5.41) is 2.91. The lowest BCUT2D eigenvalue weighted by molar-refractivity contribution is 0.219. The van der Waals surface area contributed by atoms with Crippen molar-refractivity contribution in [3.63, 3.8) is 0 Å². The summed E-state index contributed by atoms with van der Waals surface area (Å²) in [6, 6.07) is 0.428. The highest BCUT2D eigenvalue weighted by molar-refractivity contribution is 7.80. The molecular formula is C8H18N2O5S. The largest absolute Gasteiger partial charge is 0.465 e. The van der Waals surface area contributed by atoms with Crippen LogP contribution in [0, 0.1) is 0 Å². The number of nitrogens with zero attached hydrogens (tertiary/aromatic N) is 1. The van der Waals surface area contributed by atoms with Gasteiger partial charge in [0.25, 0.3) is 6.02 Å². The predicted octanol–water partition coefficient (Wildman–Crippen LogP) is 0.198. The predicted molar refractivity (Wildman–Crippen MR) is 59.7 cm³/mol. The van der Waals surface area contributed by atoms with Gasteiger partial charge < -0.3 is 10.1 Å². The Morgan fingerprint density at radius 2 is 2.06 bits per heavy atom. The van der Waals surface area contributed by atoms with Crippen LogP contribution >= 0.6 is 0 Å². The lowest BCUT2D eigenvalue weighted by atomic mass is 10.5. The van der Waals surface area contributed by atoms with Gasteiger partial charge in [-0.15, -0.1) is 0 Å². The Morgan fingerprint density at radius 1 is 1.38 bits per heavy atom. The van der Waals surface area contributed by atoms with E-state index in [0.717, 1.165) is 0 Å². The highest BCUT2D eigenvalue weighted by Crippen LogP contribution is 1.91. The highest BCUT2D eigenvalue weighted by atomic mass is 32.3. The van der Waals surface area contributed by atoms with E-state index in [1.807, 2.05) is 13.8 Å². The van der Waals surface area contributed by atoms with Crippen molar-refractivity contribution in [1.29, 1.82) is 0 Å². The first kappa shape index (κ1) is 15.1. The van der Waals surface area contributed by atoms with Crippen molar-refractivity contribution in [2.75, 3.05) is 26.3 Å². The van der Waals surface area contributed by atoms with E-state index in [1.54, 1.807) is 0 Å². The first-order valence-corrected chi connectivity index (χ1v) is 6.39. The fourth-order valence-corrected chi connectivity index (χ4v) is 1.17. The second-order valence-electron chi connectivity index (χ2n) is 2.76. The molecule has 0 saturated carbocycles. The number of hydrogen-bond acceptors (Lipinski definition) is 5. The van der Waals surface area contributed by atoms with Crippen molar-refractivity contribution in [3.8, 4) is 0 Å². The molecule has 0 aliphatic carbocycles. The van der Waals surface area contributed by atoms with Crippen LogP contribution in [0.3, 0.4) is 0 Å². The number of amidine groups is 1. The lowest BCUT2D eigenvalue weighted by Gasteiger charge is -2.09. The molecule has 0 rings (SSSR count). The first-order chi connectivity index (χ1) is 7.49. The van der Waals surface area contributed by atoms with Gasteiger partial charge in [0.05, 0.1) is 13.2 Å². The third kappa shape index (κ3) is 9.69. The third-order valence-electron chi connectivity index (χ3n) is 1.39. The summed E-state index contributed by atoms with van der Waals surface area (Å²) in [5.74, 6) is 0. The number of hydrogen-bond donors (Lipinski definition) is 2. The van der Waals surface area contributed by atoms with Gasteiger partial charge in [-0.3, -0.25) is 4.55 Å². The van der Waals surface area contributed by atoms with E-state index in [-0.39, 0.29) is 13.2 Å². The number of ether oxygens (including phenoxy) is 1. The summed E-state index contributed by atoms with van der Waals surface area (Å²) >= 11 is 0. The maximum atomic E-state index is 10.2. The van der Waals surface area contributed by atoms with Gasteiger partial charge in [-0.25, -0.2) is 9.18 Å². The molecule has 0 unspecified atom stereocenters. The van der Waals surface area contributed by atoms with Crippen LogP contribution in [0.2, 0.25) is 0 Å². The standard InChI is InChI=1S/C8H18N2O5S/c1-3-9-8(10-4-2)14-6-5-7-15-16(11,12)13/h3-7H2,1-2H3,(H,9,10)(H,11,12,13). The summed E-state index contributed by atoms with van der Waals surface area (Å²) < 4.78 is 38.0. The van der Waals surface area contributed by atoms with E-state index in [9.17, 15) is 8.42 Å². The fraction of sp³-hybridized carbons (Fsp3) is 0.875. The number of nitrogens with one attached hydrogen (secondary N) is 1. The molecule has 0 aromatic rings. The molecule has 0 fully saturated rings. The minimum atomic E-state index is -4.35. The van der Waals surface area contributed by atoms with Gasteiger partial charge >= 0.3 is 10.4 Å². The van der Waals surface area contributed by atoms with Gasteiger partial charge in [0, 0.05) is 19.5 Å². The van der Waals surface area contributed by atoms with Crippen LogP contribution < -0.4 is 5.32 Å². The second kappa shape index (κ2) is 8.31. The van der Waals surface area contributed by atoms with Gasteiger partial charge in [-0.05, 0) is 13.8 Å². The Balaban J connectivity index is 3.67. The third-order valence-corrected chi connectivity index (χ3v) is 1.85. The smallest absolute Gasteiger partial charge is 0.397 e. The van der Waals surface area contributed by atoms with Crippen molar-refractivity contribution in [3.05, 3.63) is 0 Å². The van der Waals surface area contributed by atoms with Gasteiger partial charge in [0.1, 0.15) is 0 Å². The topological polar surface area (TPSA) is 97.2 Å². The van der Waals surface area contributed by atoms with Crippen LogP contribution in [0.4, 0.5) is 0 Å². The maximum Gasteiger partial charge on any atom is 0.397 e. The van der Waals surface area contributed by atoms with Crippen molar-refractivity contribution in [1.82, 2.24) is 5.32 Å². The van der Waals surface area contributed by atoms with Crippen molar-refractivity contribution < 1.29 is 21.9 Å². The van der Waals surface area contributed by atoms with Gasteiger partial charge in [0.2, 0.25) is 0 Å². The molecule has 2 N–H and O–H groups in total. The van der Waals surface area contributed by atoms with Crippen molar-refractivity contribution >= 4 is 16.4 Å². The summed E-state index contributed by atoms with van der Waals surface area (Å²) in [6.07, 6.45) is 0.341. The molecule has 0 aromatic carbocycles. The molecule has 16 heavy (non-hydrogen) atoms. The Morgan fingerprint density at radius 3 is 2.56 bits per heavy atom. The molecule has 0 radical (unpaired) electrons. The van der Waals surface area contributed by atoms with E-state index >= 15 is 0 Å². The zero-order valence-electron chi connectivity index (χ0n) is 9.47. The lowest BCUT2D eigenvalue weighted by Crippen LogP contribution is -2.26. The van der Waals surface area contributed by atoms with Crippen LogP contribution in [-0.2, 0) is 19.3 Å². The summed E-state index contributed by atoms with van der Waals surface area (Å²) in [6.45, 7) is 5.23. The van der Waals surface area contributed by atoms with E-state index in [0.29, 0.717) is 25.5 Å². The zero-order valence-corrected chi connectivity index (χ0v) is 10.3. The highest BCUT2D eigenvalue weighted by Gasteiger charge is 2.03. The molecule has 8 heteroatoms. The van der Waals surface area contributed by atoms with Crippen molar-refractivity contribution in [2.24, 2.45) is 4.99 Å². The number of rotatable bonds is 7. The van der Waals surface area contributed by atoms with Crippen LogP contribution in [-0.4, -0.2) is 45.3 Å². The molecule has 0 bridgehead atoms. The minimum Gasteiger partial charge on any atom is -0.465 e. The van der Waals surface area contributed by atoms with Crippen LogP contribution in [0.25, 0.3) is 0 Å². The molecule has 96 valence electrons. The van der Waals surface area contributed by atoms with Crippen molar-refractivity contribution in [2.45, 2.75) is 20.3 Å². The quantitative estimate of drug-likeness (QED) is 0.291. The normalized spacial score (nSPS) is 12.6. The molecule has 0 aliphatic rings.